The molecule has 1 aliphatic rings. The van der Waals surface area contributed by atoms with Crippen LogP contribution in [0.4, 0.5) is 0 Å². The molecule has 40 heavy (non-hydrogen) atoms. The third kappa shape index (κ3) is 7.69. The summed E-state index contributed by atoms with van der Waals surface area (Å²) in [6, 6.07) is 15.0. The van der Waals surface area contributed by atoms with Crippen molar-refractivity contribution >= 4 is 27.7 Å². The summed E-state index contributed by atoms with van der Waals surface area (Å²) in [5, 5.41) is 15.9. The van der Waals surface area contributed by atoms with Crippen molar-refractivity contribution in [1.82, 2.24) is 4.83 Å². The molecule has 0 aromatic heterocycles. The molecule has 1 aliphatic carbocycles. The van der Waals surface area contributed by atoms with Crippen LogP contribution >= 0.6 is 0 Å². The van der Waals surface area contributed by atoms with Crippen molar-refractivity contribution in [2.24, 2.45) is 16.9 Å². The van der Waals surface area contributed by atoms with Gasteiger partial charge in [-0.1, -0.05) is 48.0 Å². The minimum atomic E-state index is -4.10. The maximum absolute atomic E-state index is 13.8. The molecule has 0 saturated heterocycles. The number of esters is 2. The second-order valence-electron chi connectivity index (χ2n) is 12.5. The van der Waals surface area contributed by atoms with E-state index in [9.17, 15) is 23.1 Å². The fourth-order valence-corrected chi connectivity index (χ4v) is 5.68. The molecule has 2 aromatic rings. The zero-order valence-electron chi connectivity index (χ0n) is 24.4. The lowest BCUT2D eigenvalue weighted by Gasteiger charge is -2.46. The number of nitrogens with one attached hydrogen (secondary N) is 1. The molecule has 2 N–H and O–H groups in total. The van der Waals surface area contributed by atoms with Crippen LogP contribution in [0, 0.1) is 18.8 Å². The van der Waals surface area contributed by atoms with Gasteiger partial charge in [-0.25, -0.2) is 4.83 Å². The average molecular weight is 573 g/mol. The average Bonchev–Trinajstić information content (AvgIpc) is 2.80. The van der Waals surface area contributed by atoms with E-state index in [2.05, 4.69) is 9.93 Å². The lowest BCUT2D eigenvalue weighted by Crippen LogP contribution is -2.56. The largest absolute Gasteiger partial charge is 0.460 e. The number of benzene rings is 2. The second kappa shape index (κ2) is 11.3. The molecule has 0 spiro atoms. The van der Waals surface area contributed by atoms with Gasteiger partial charge in [-0.3, -0.25) is 9.59 Å². The number of aryl methyl sites for hydroxylation is 1. The van der Waals surface area contributed by atoms with Gasteiger partial charge in [0.2, 0.25) is 0 Å². The number of carbonyl (C=O) groups excluding carboxylic acids is 2. The first-order chi connectivity index (χ1) is 18.3. The Kier molecular flexibility index (Phi) is 8.86. The Bertz CT molecular complexity index is 1350. The summed E-state index contributed by atoms with van der Waals surface area (Å²) in [6.07, 6.45) is -0.277. The first-order valence-corrected chi connectivity index (χ1v) is 14.7. The molecule has 10 heteroatoms. The molecular formula is C30H40N2O7S. The smallest absolute Gasteiger partial charge is 0.315 e. The van der Waals surface area contributed by atoms with Crippen LogP contribution in [0.5, 0.6) is 0 Å². The van der Waals surface area contributed by atoms with Crippen molar-refractivity contribution in [3.8, 4) is 0 Å². The van der Waals surface area contributed by atoms with Crippen molar-refractivity contribution in [3.63, 3.8) is 0 Å². The molecule has 0 unspecified atom stereocenters. The Morgan fingerprint density at radius 1 is 0.925 bits per heavy atom. The number of rotatable bonds is 6. The monoisotopic (exact) mass is 572 g/mol. The second-order valence-corrected chi connectivity index (χ2v) is 14.2. The first kappa shape index (κ1) is 31.3. The van der Waals surface area contributed by atoms with Gasteiger partial charge in [0.1, 0.15) is 17.1 Å². The van der Waals surface area contributed by atoms with Crippen LogP contribution in [0.2, 0.25) is 0 Å². The topological polar surface area (TPSA) is 131 Å². The Balaban J connectivity index is 2.19. The summed E-state index contributed by atoms with van der Waals surface area (Å²) in [6.45, 7) is 13.6. The third-order valence-electron chi connectivity index (χ3n) is 6.43. The van der Waals surface area contributed by atoms with E-state index in [-0.39, 0.29) is 17.0 Å². The molecule has 0 bridgehead atoms. The van der Waals surface area contributed by atoms with Gasteiger partial charge in [-0.2, -0.15) is 13.5 Å². The summed E-state index contributed by atoms with van der Waals surface area (Å²) in [4.78, 5) is 29.6. The van der Waals surface area contributed by atoms with Crippen LogP contribution in [0.25, 0.3) is 0 Å². The summed E-state index contributed by atoms with van der Waals surface area (Å²) in [5.74, 6) is -4.71. The van der Waals surface area contributed by atoms with E-state index in [1.807, 2.05) is 6.92 Å². The molecule has 2 aromatic carbocycles. The minimum absolute atomic E-state index is 0.00919. The fraction of sp³-hybridized carbons (Fsp3) is 0.500. The van der Waals surface area contributed by atoms with Crippen LogP contribution in [-0.2, 0) is 29.1 Å². The van der Waals surface area contributed by atoms with Crippen LogP contribution in [0.15, 0.2) is 64.6 Å². The molecule has 0 aliphatic heterocycles. The van der Waals surface area contributed by atoms with Gasteiger partial charge in [0.05, 0.1) is 22.1 Å². The molecule has 0 amide bonds. The van der Waals surface area contributed by atoms with E-state index in [1.54, 1.807) is 84.0 Å². The van der Waals surface area contributed by atoms with Crippen molar-refractivity contribution in [1.29, 1.82) is 0 Å². The zero-order chi connectivity index (χ0) is 30.1. The van der Waals surface area contributed by atoms with Crippen molar-refractivity contribution in [2.75, 3.05) is 0 Å². The minimum Gasteiger partial charge on any atom is -0.460 e. The van der Waals surface area contributed by atoms with E-state index >= 15 is 0 Å². The predicted molar refractivity (Wildman–Crippen MR) is 152 cm³/mol. The van der Waals surface area contributed by atoms with E-state index in [1.165, 1.54) is 19.1 Å². The third-order valence-corrected chi connectivity index (χ3v) is 7.66. The summed E-state index contributed by atoms with van der Waals surface area (Å²) in [5.41, 5.74) is -1.97. The quantitative estimate of drug-likeness (QED) is 0.385. The number of ether oxygens (including phenoxy) is 2. The van der Waals surface area contributed by atoms with Gasteiger partial charge < -0.3 is 14.6 Å². The van der Waals surface area contributed by atoms with Gasteiger partial charge >= 0.3 is 11.9 Å². The standard InChI is InChI=1S/C30H40N2O7S/c1-19-14-16-21(17-15-19)40(36,37)32-31-22-18-30(8,35)25(27(34)39-29(5,6)7)23(20-12-10-9-11-13-20)24(22)26(33)38-28(2,3)4/h9-17,23-25,32,35H,18H2,1-8H3/b31-22-/t23-,24-,25+,30+/m1/s1. The van der Waals surface area contributed by atoms with Crippen LogP contribution < -0.4 is 4.83 Å². The van der Waals surface area contributed by atoms with E-state index in [0.29, 0.717) is 5.56 Å². The maximum atomic E-state index is 13.8. The number of aliphatic hydroxyl groups is 1. The number of nitrogens with zero attached hydrogens (tertiary/aromatic N) is 1. The molecule has 3 rings (SSSR count). The van der Waals surface area contributed by atoms with Gasteiger partial charge in [0, 0.05) is 12.3 Å². The van der Waals surface area contributed by atoms with Crippen molar-refractivity contribution in [2.45, 2.75) is 89.4 Å². The van der Waals surface area contributed by atoms with Gasteiger partial charge in [-0.05, 0) is 73.1 Å². The number of hydrogen-bond acceptors (Lipinski definition) is 8. The number of carbonyl (C=O) groups is 2. The summed E-state index contributed by atoms with van der Waals surface area (Å²) >= 11 is 0. The number of hydrazone groups is 1. The molecule has 4 atom stereocenters. The van der Waals surface area contributed by atoms with E-state index < -0.39 is 56.5 Å². The Labute approximate surface area is 237 Å². The van der Waals surface area contributed by atoms with Crippen LogP contribution in [-0.4, -0.2) is 48.0 Å². The molecule has 1 fully saturated rings. The zero-order valence-corrected chi connectivity index (χ0v) is 25.2. The molecule has 218 valence electrons. The Hall–Kier alpha value is -3.24. The fourth-order valence-electron chi connectivity index (χ4n) is 4.84. The SMILES string of the molecule is Cc1ccc(S(=O)(=O)N/N=C2/C[C@](C)(O)[C@H](C(=O)OC(C)(C)C)[C@H](c3ccccc3)[C@@H]2C(=O)OC(C)(C)C)cc1. The Morgan fingerprint density at radius 3 is 1.98 bits per heavy atom. The lowest BCUT2D eigenvalue weighted by molar-refractivity contribution is -0.175. The van der Waals surface area contributed by atoms with Crippen molar-refractivity contribution in [3.05, 3.63) is 65.7 Å². The lowest BCUT2D eigenvalue weighted by atomic mass is 9.61. The highest BCUT2D eigenvalue weighted by molar-refractivity contribution is 7.89. The number of hydrogen-bond donors (Lipinski definition) is 2. The molecular weight excluding hydrogens is 532 g/mol. The maximum Gasteiger partial charge on any atom is 0.315 e. The molecule has 9 nitrogen and oxygen atoms in total. The summed E-state index contributed by atoms with van der Waals surface area (Å²) in [7, 11) is -4.10. The highest BCUT2D eigenvalue weighted by Crippen LogP contribution is 2.47. The normalized spacial score (nSPS) is 24.8. The van der Waals surface area contributed by atoms with Gasteiger partial charge in [0.15, 0.2) is 0 Å². The van der Waals surface area contributed by atoms with Crippen LogP contribution in [0.3, 0.4) is 0 Å². The predicted octanol–water partition coefficient (Wildman–Crippen LogP) is 4.48. The van der Waals surface area contributed by atoms with E-state index in [0.717, 1.165) is 5.56 Å². The molecule has 1 saturated carbocycles. The highest BCUT2D eigenvalue weighted by atomic mass is 32.2. The van der Waals surface area contributed by atoms with E-state index in [4.69, 9.17) is 9.47 Å². The van der Waals surface area contributed by atoms with Gasteiger partial charge in [0.25, 0.3) is 10.0 Å². The molecule has 0 heterocycles. The summed E-state index contributed by atoms with van der Waals surface area (Å²) < 4.78 is 37.6. The first-order valence-electron chi connectivity index (χ1n) is 13.2. The highest BCUT2D eigenvalue weighted by Gasteiger charge is 2.57. The molecule has 0 radical (unpaired) electrons. The van der Waals surface area contributed by atoms with Crippen molar-refractivity contribution < 1.29 is 32.6 Å². The van der Waals surface area contributed by atoms with Gasteiger partial charge in [-0.15, -0.1) is 0 Å². The van der Waals surface area contributed by atoms with Crippen LogP contribution in [0.1, 0.15) is 71.9 Å². The number of sulfonamides is 1. The Morgan fingerprint density at radius 2 is 1.45 bits per heavy atom.